The molecule has 1 aromatic heterocycles. The number of nitrogens with zero attached hydrogens (tertiary/aromatic N) is 3. The zero-order chi connectivity index (χ0) is 24.4. The average Bonchev–Trinajstić information content (AvgIpc) is 3.50. The second-order valence-electron chi connectivity index (χ2n) is 8.60. The molecule has 35 heavy (non-hydrogen) atoms. The van der Waals surface area contributed by atoms with E-state index < -0.39 is 17.7 Å². The highest BCUT2D eigenvalue weighted by Crippen LogP contribution is 2.41. The quantitative estimate of drug-likeness (QED) is 0.319. The molecule has 2 aliphatic heterocycles. The first-order valence-corrected chi connectivity index (χ1v) is 11.8. The topological polar surface area (TPSA) is 93.9 Å². The van der Waals surface area contributed by atoms with Gasteiger partial charge in [-0.05, 0) is 42.2 Å². The maximum Gasteiger partial charge on any atom is 0.295 e. The van der Waals surface area contributed by atoms with Crippen molar-refractivity contribution < 1.29 is 24.2 Å². The Morgan fingerprint density at radius 3 is 2.54 bits per heavy atom. The summed E-state index contributed by atoms with van der Waals surface area (Å²) in [5.41, 5.74) is 2.42. The minimum atomic E-state index is -0.690. The lowest BCUT2D eigenvalue weighted by molar-refractivity contribution is -0.139. The predicted molar refractivity (Wildman–Crippen MR) is 129 cm³/mol. The number of hydrogen-bond acceptors (Lipinski definition) is 6. The molecule has 5 rings (SSSR count). The zero-order valence-corrected chi connectivity index (χ0v) is 19.5. The molecule has 2 aliphatic rings. The van der Waals surface area contributed by atoms with Gasteiger partial charge in [0.1, 0.15) is 19.0 Å². The van der Waals surface area contributed by atoms with E-state index >= 15 is 0 Å². The fourth-order valence-electron chi connectivity index (χ4n) is 4.58. The molecule has 1 fully saturated rings. The van der Waals surface area contributed by atoms with Crippen LogP contribution in [0.4, 0.5) is 0 Å². The number of fused-ring (bicyclic) bond motifs is 1. The van der Waals surface area contributed by atoms with Gasteiger partial charge in [-0.15, -0.1) is 0 Å². The first-order chi connectivity index (χ1) is 17.1. The van der Waals surface area contributed by atoms with Crippen molar-refractivity contribution >= 4 is 17.4 Å². The lowest BCUT2D eigenvalue weighted by Crippen LogP contribution is -2.31. The van der Waals surface area contributed by atoms with Crippen molar-refractivity contribution in [2.24, 2.45) is 0 Å². The molecule has 3 heterocycles. The van der Waals surface area contributed by atoms with E-state index in [1.165, 1.54) is 0 Å². The number of ether oxygens (including phenoxy) is 2. The average molecular weight is 474 g/mol. The fraction of sp³-hybridized carbons (Fsp3) is 0.296. The Morgan fingerprint density at radius 2 is 1.83 bits per heavy atom. The standard InChI is InChI=1S/C27H27N3O5/c1-2-18-4-6-19(7-5-18)24-23(25(31)20-8-9-21-22(16-20)35-15-14-34-21)26(32)27(33)30(24)12-3-11-29-13-10-28-17-29/h4-10,13,16-17,24,31H,2-3,11-12,14-15H2,1H3/b25-23-. The largest absolute Gasteiger partial charge is 0.507 e. The van der Waals surface area contributed by atoms with Crippen LogP contribution < -0.4 is 9.47 Å². The number of likely N-dealkylation sites (tertiary alicyclic amines) is 1. The Hall–Kier alpha value is -4.07. The molecule has 3 aromatic rings. The maximum atomic E-state index is 13.2. The number of carbonyl (C=O) groups excluding carboxylic acids is 2. The molecule has 0 spiro atoms. The number of rotatable bonds is 7. The predicted octanol–water partition coefficient (Wildman–Crippen LogP) is 3.73. The minimum absolute atomic E-state index is 0.0820. The van der Waals surface area contributed by atoms with Gasteiger partial charge in [0.2, 0.25) is 0 Å². The number of aliphatic hydroxyl groups is 1. The van der Waals surface area contributed by atoms with Gasteiger partial charge in [-0.2, -0.15) is 0 Å². The number of amides is 1. The van der Waals surface area contributed by atoms with Gasteiger partial charge in [-0.25, -0.2) is 4.98 Å². The lowest BCUT2D eigenvalue weighted by Gasteiger charge is -2.26. The summed E-state index contributed by atoms with van der Waals surface area (Å²) in [6, 6.07) is 12.2. The van der Waals surface area contributed by atoms with Crippen molar-refractivity contribution in [2.45, 2.75) is 32.4 Å². The van der Waals surface area contributed by atoms with E-state index in [1.807, 2.05) is 35.0 Å². The van der Waals surface area contributed by atoms with Crippen LogP contribution in [0.2, 0.25) is 0 Å². The number of Topliss-reactive ketones (excluding diaryl/α,β-unsaturated/α-hetero) is 1. The summed E-state index contributed by atoms with van der Waals surface area (Å²) in [5, 5.41) is 11.3. The van der Waals surface area contributed by atoms with Crippen LogP contribution in [0.15, 0.2) is 66.8 Å². The van der Waals surface area contributed by atoms with Gasteiger partial charge in [-0.1, -0.05) is 31.2 Å². The molecular weight excluding hydrogens is 446 g/mol. The Balaban J connectivity index is 1.53. The van der Waals surface area contributed by atoms with Crippen LogP contribution in [-0.2, 0) is 22.6 Å². The second-order valence-corrected chi connectivity index (χ2v) is 8.60. The van der Waals surface area contributed by atoms with Crippen molar-refractivity contribution in [2.75, 3.05) is 19.8 Å². The highest BCUT2D eigenvalue weighted by molar-refractivity contribution is 6.46. The molecule has 8 heteroatoms. The molecule has 1 N–H and O–H groups in total. The summed E-state index contributed by atoms with van der Waals surface area (Å²) >= 11 is 0. The van der Waals surface area contributed by atoms with Crippen molar-refractivity contribution in [1.82, 2.24) is 14.5 Å². The summed E-state index contributed by atoms with van der Waals surface area (Å²) in [7, 11) is 0. The van der Waals surface area contributed by atoms with Crippen molar-refractivity contribution in [3.8, 4) is 11.5 Å². The van der Waals surface area contributed by atoms with Gasteiger partial charge in [0, 0.05) is 31.0 Å². The monoisotopic (exact) mass is 473 g/mol. The minimum Gasteiger partial charge on any atom is -0.507 e. The summed E-state index contributed by atoms with van der Waals surface area (Å²) in [4.78, 5) is 32.0. The third-order valence-electron chi connectivity index (χ3n) is 6.43. The van der Waals surface area contributed by atoms with E-state index in [-0.39, 0.29) is 11.3 Å². The molecule has 0 radical (unpaired) electrons. The number of carbonyl (C=O) groups is 2. The molecule has 180 valence electrons. The van der Waals surface area contributed by atoms with Gasteiger partial charge in [0.25, 0.3) is 11.7 Å². The van der Waals surface area contributed by atoms with Crippen molar-refractivity contribution in [1.29, 1.82) is 0 Å². The molecule has 1 saturated heterocycles. The SMILES string of the molecule is CCc1ccc(C2/C(=C(/O)c3ccc4c(c3)OCCO4)C(=O)C(=O)N2CCCn2ccnc2)cc1. The Morgan fingerprint density at radius 1 is 1.06 bits per heavy atom. The number of hydrogen-bond donors (Lipinski definition) is 1. The first kappa shape index (κ1) is 22.7. The highest BCUT2D eigenvalue weighted by atomic mass is 16.6. The molecule has 1 atom stereocenters. The van der Waals surface area contributed by atoms with Crippen LogP contribution in [0.1, 0.15) is 36.1 Å². The lowest BCUT2D eigenvalue weighted by atomic mass is 9.94. The van der Waals surface area contributed by atoms with Gasteiger partial charge < -0.3 is 24.0 Å². The van der Waals surface area contributed by atoms with Gasteiger partial charge in [0.15, 0.2) is 11.5 Å². The van der Waals surface area contributed by atoms with Gasteiger partial charge >= 0.3 is 0 Å². The van der Waals surface area contributed by atoms with E-state index in [1.54, 1.807) is 35.6 Å². The molecule has 2 aromatic carbocycles. The van der Waals surface area contributed by atoms with E-state index in [4.69, 9.17) is 9.47 Å². The molecule has 0 saturated carbocycles. The molecule has 1 amide bonds. The zero-order valence-electron chi connectivity index (χ0n) is 19.5. The van der Waals surface area contributed by atoms with Gasteiger partial charge in [-0.3, -0.25) is 9.59 Å². The van der Waals surface area contributed by atoms with Crippen molar-refractivity contribution in [3.63, 3.8) is 0 Å². The molecule has 0 aliphatic carbocycles. The number of aliphatic hydroxyl groups excluding tert-OH is 1. The summed E-state index contributed by atoms with van der Waals surface area (Å²) < 4.78 is 13.1. The smallest absolute Gasteiger partial charge is 0.295 e. The van der Waals surface area contributed by atoms with E-state index in [9.17, 15) is 14.7 Å². The van der Waals surface area contributed by atoms with Crippen LogP contribution in [-0.4, -0.2) is 51.0 Å². The normalized spacial score (nSPS) is 18.8. The van der Waals surface area contributed by atoms with Crippen LogP contribution in [0.5, 0.6) is 11.5 Å². The number of ketones is 1. The third-order valence-corrected chi connectivity index (χ3v) is 6.43. The third kappa shape index (κ3) is 4.39. The Kier molecular flexibility index (Phi) is 6.27. The summed E-state index contributed by atoms with van der Waals surface area (Å²) in [6.45, 7) is 3.95. The summed E-state index contributed by atoms with van der Waals surface area (Å²) in [6.07, 6.45) is 6.79. The molecule has 8 nitrogen and oxygen atoms in total. The number of imidazole rings is 1. The molecular formula is C27H27N3O5. The van der Waals surface area contributed by atoms with E-state index in [0.29, 0.717) is 49.8 Å². The number of aromatic nitrogens is 2. The maximum absolute atomic E-state index is 13.2. The fourth-order valence-corrected chi connectivity index (χ4v) is 4.58. The van der Waals surface area contributed by atoms with Crippen LogP contribution in [0, 0.1) is 0 Å². The number of benzene rings is 2. The Bertz CT molecular complexity index is 1260. The van der Waals surface area contributed by atoms with Crippen LogP contribution in [0.3, 0.4) is 0 Å². The van der Waals surface area contributed by atoms with Gasteiger partial charge in [0.05, 0.1) is 17.9 Å². The number of aryl methyl sites for hydroxylation is 2. The second kappa shape index (κ2) is 9.66. The van der Waals surface area contributed by atoms with Crippen LogP contribution in [0.25, 0.3) is 5.76 Å². The summed E-state index contributed by atoms with van der Waals surface area (Å²) in [5.74, 6) is -0.441. The Labute approximate surface area is 203 Å². The molecule has 1 unspecified atom stereocenters. The molecule has 0 bridgehead atoms. The highest BCUT2D eigenvalue weighted by Gasteiger charge is 2.45. The van der Waals surface area contributed by atoms with E-state index in [0.717, 1.165) is 17.5 Å². The first-order valence-electron chi connectivity index (χ1n) is 11.8. The van der Waals surface area contributed by atoms with Crippen molar-refractivity contribution in [3.05, 3.63) is 83.4 Å². The van der Waals surface area contributed by atoms with E-state index in [2.05, 4.69) is 11.9 Å². The van der Waals surface area contributed by atoms with Crippen LogP contribution >= 0.6 is 0 Å².